The Kier molecular flexibility index (Phi) is 11.8. The molecular weight excluding hydrogens is 613 g/mol. The molecule has 0 bridgehead atoms. The van der Waals surface area contributed by atoms with Gasteiger partial charge in [0.2, 0.25) is 5.91 Å². The summed E-state index contributed by atoms with van der Waals surface area (Å²) in [6, 6.07) is 11.8. The van der Waals surface area contributed by atoms with Crippen LogP contribution >= 0.6 is 11.8 Å². The average Bonchev–Trinajstić information content (AvgIpc) is 3.60. The van der Waals surface area contributed by atoms with E-state index in [-0.39, 0.29) is 28.2 Å². The number of aromatic hydroxyl groups is 1. The molecule has 2 aromatic rings. The van der Waals surface area contributed by atoms with Crippen LogP contribution in [0.4, 0.5) is 11.4 Å². The summed E-state index contributed by atoms with van der Waals surface area (Å²) in [5.41, 5.74) is 4.00. The highest BCUT2D eigenvalue weighted by Gasteiger charge is 2.32. The van der Waals surface area contributed by atoms with Crippen LogP contribution in [0.15, 0.2) is 71.0 Å². The van der Waals surface area contributed by atoms with E-state index in [9.17, 15) is 19.5 Å². The molecule has 2 aliphatic rings. The van der Waals surface area contributed by atoms with Crippen molar-refractivity contribution >= 4 is 51.7 Å². The second-order valence-corrected chi connectivity index (χ2v) is 15.2. The first-order valence-electron chi connectivity index (χ1n) is 14.3. The van der Waals surface area contributed by atoms with E-state index in [1.807, 2.05) is 29.7 Å². The largest absolute Gasteiger partial charge is 0.507 e. The Morgan fingerprint density at radius 3 is 2.00 bits per heavy atom. The van der Waals surface area contributed by atoms with Gasteiger partial charge in [0.05, 0.1) is 11.4 Å². The number of carboxylic acids is 2. The summed E-state index contributed by atoms with van der Waals surface area (Å²) in [5, 5.41) is 38.5. The molecule has 4 rings (SSSR count). The van der Waals surface area contributed by atoms with Crippen molar-refractivity contribution in [3.8, 4) is 5.75 Å². The molecule has 1 amide bonds. The van der Waals surface area contributed by atoms with Gasteiger partial charge in [-0.3, -0.25) is 14.9 Å². The van der Waals surface area contributed by atoms with E-state index >= 15 is 0 Å². The van der Waals surface area contributed by atoms with E-state index in [1.54, 1.807) is 11.8 Å². The number of carbonyl (C=O) groups is 3. The standard InChI is InChI=1S/C29H38N4O2S2.C4H4O4/c1-28(2,3)22-14-20(15-23(25(22)34)29(4,5)6)32-26(35)24-17-36-27(33-24)18-9-11-19(12-10-18)31-16-21-8-7-13-37(21)30;5-3(6)1-2-4(7)8/h7-15,24,27,30-31,33-34H,16-17H2,1-6H3,(H,32,35);1-2H,(H,5,6)(H,7,8)/b;2-1+/t24-,27+,37?;/m0./s1. The van der Waals surface area contributed by atoms with E-state index < -0.39 is 22.6 Å². The van der Waals surface area contributed by atoms with Gasteiger partial charge < -0.3 is 26.0 Å². The quantitative estimate of drug-likeness (QED) is 0.128. The van der Waals surface area contributed by atoms with Crippen LogP contribution in [0.3, 0.4) is 0 Å². The minimum atomic E-state index is -1.26. The fraction of sp³-hybridized carbons (Fsp3) is 0.364. The normalized spacial score (nSPS) is 19.5. The van der Waals surface area contributed by atoms with E-state index in [1.165, 1.54) is 0 Å². The molecule has 0 aliphatic carbocycles. The Morgan fingerprint density at radius 2 is 1.53 bits per heavy atom. The monoisotopic (exact) mass is 654 g/mol. The van der Waals surface area contributed by atoms with Crippen molar-refractivity contribution in [1.82, 2.24) is 5.32 Å². The fourth-order valence-corrected chi connectivity index (χ4v) is 6.63. The molecule has 1 saturated heterocycles. The minimum Gasteiger partial charge on any atom is -0.507 e. The Labute approximate surface area is 271 Å². The number of phenols is 1. The first kappa shape index (κ1) is 35.6. The molecule has 242 valence electrons. The van der Waals surface area contributed by atoms with Crippen molar-refractivity contribution < 1.29 is 29.7 Å². The number of phenolic OH excluding ortho intramolecular Hbond substituents is 1. The molecule has 0 aromatic heterocycles. The number of carboxylic acid groups (broad SMARTS) is 2. The van der Waals surface area contributed by atoms with Gasteiger partial charge in [-0.1, -0.05) is 70.4 Å². The van der Waals surface area contributed by atoms with Gasteiger partial charge in [0.25, 0.3) is 0 Å². The van der Waals surface area contributed by atoms with Crippen molar-refractivity contribution in [2.75, 3.05) is 22.9 Å². The number of rotatable bonds is 8. The van der Waals surface area contributed by atoms with Crippen LogP contribution in [-0.4, -0.2) is 51.5 Å². The zero-order chi connectivity index (χ0) is 33.5. The number of allylic oxidation sites excluding steroid dienone is 2. The van der Waals surface area contributed by atoms with Crippen LogP contribution in [0.2, 0.25) is 0 Å². The first-order valence-corrected chi connectivity index (χ1v) is 16.7. The van der Waals surface area contributed by atoms with Crippen molar-refractivity contribution in [1.29, 1.82) is 4.78 Å². The van der Waals surface area contributed by atoms with Crippen molar-refractivity contribution in [2.24, 2.45) is 0 Å². The van der Waals surface area contributed by atoms with Crippen molar-refractivity contribution in [3.05, 3.63) is 87.7 Å². The molecular formula is C33H42N4O6S2. The first-order chi connectivity index (χ1) is 21.0. The van der Waals surface area contributed by atoms with E-state index in [2.05, 4.69) is 81.8 Å². The number of thioether (sulfide) groups is 1. The minimum absolute atomic E-state index is 0.0423. The van der Waals surface area contributed by atoms with Gasteiger partial charge in [-0.05, 0) is 52.1 Å². The molecule has 2 heterocycles. The summed E-state index contributed by atoms with van der Waals surface area (Å²) >= 11 is 1.73. The molecule has 2 aliphatic heterocycles. The zero-order valence-electron chi connectivity index (χ0n) is 26.3. The highest BCUT2D eigenvalue weighted by atomic mass is 32.2. The smallest absolute Gasteiger partial charge is 0.328 e. The lowest BCUT2D eigenvalue weighted by Gasteiger charge is -2.28. The Balaban J connectivity index is 0.000000610. The van der Waals surface area contributed by atoms with Gasteiger partial charge in [0.15, 0.2) is 0 Å². The van der Waals surface area contributed by atoms with E-state index in [4.69, 9.17) is 15.0 Å². The topological polar surface area (TPSA) is 172 Å². The van der Waals surface area contributed by atoms with Crippen LogP contribution in [0, 0.1) is 4.78 Å². The van der Waals surface area contributed by atoms with Gasteiger partial charge >= 0.3 is 11.9 Å². The summed E-state index contributed by atoms with van der Waals surface area (Å²) in [6.45, 7) is 13.1. The maximum Gasteiger partial charge on any atom is 0.328 e. The van der Waals surface area contributed by atoms with Crippen molar-refractivity contribution in [3.63, 3.8) is 0 Å². The molecule has 7 N–H and O–H groups in total. The molecule has 1 unspecified atom stereocenters. The third-order valence-electron chi connectivity index (χ3n) is 6.92. The third kappa shape index (κ3) is 10.3. The molecule has 2 aromatic carbocycles. The molecule has 3 atom stereocenters. The summed E-state index contributed by atoms with van der Waals surface area (Å²) in [5.74, 6) is -1.59. The van der Waals surface area contributed by atoms with Gasteiger partial charge in [-0.15, -0.1) is 11.8 Å². The van der Waals surface area contributed by atoms with Gasteiger partial charge in [-0.2, -0.15) is 0 Å². The molecule has 0 saturated carbocycles. The van der Waals surface area contributed by atoms with Crippen LogP contribution in [0.5, 0.6) is 5.75 Å². The number of carbonyl (C=O) groups excluding carboxylic acids is 1. The van der Waals surface area contributed by atoms with Crippen LogP contribution < -0.4 is 16.0 Å². The zero-order valence-corrected chi connectivity index (χ0v) is 27.9. The lowest BCUT2D eigenvalue weighted by atomic mass is 9.79. The SMILES string of the molecule is CC(C)(C)c1cc(NC(=O)[C@@H]2CS[C@H](c3ccc(NCC4=CC=CS4=N)cc3)N2)cc(C(C)(C)C)c1O.O=C(O)/C=C/C(=O)O. The number of aliphatic carboxylic acids is 2. The fourth-order valence-electron chi connectivity index (χ4n) is 4.52. The number of anilines is 2. The maximum absolute atomic E-state index is 13.2. The lowest BCUT2D eigenvalue weighted by Crippen LogP contribution is -2.38. The lowest BCUT2D eigenvalue weighted by molar-refractivity contribution is -0.134. The number of benzene rings is 2. The molecule has 10 nitrogen and oxygen atoms in total. The number of nitrogens with one attached hydrogen (secondary N) is 4. The van der Waals surface area contributed by atoms with Crippen LogP contribution in [-0.2, 0) is 35.9 Å². The highest BCUT2D eigenvalue weighted by Crippen LogP contribution is 2.41. The summed E-state index contributed by atoms with van der Waals surface area (Å²) in [7, 11) is -0.523. The third-order valence-corrected chi connectivity index (χ3v) is 9.46. The van der Waals surface area contributed by atoms with Gasteiger partial charge in [0, 0.05) is 51.9 Å². The predicted molar refractivity (Wildman–Crippen MR) is 183 cm³/mol. The number of amides is 1. The van der Waals surface area contributed by atoms with Crippen LogP contribution in [0.1, 0.15) is 63.6 Å². The Bertz CT molecular complexity index is 1480. The van der Waals surface area contributed by atoms with Gasteiger partial charge in [0.1, 0.15) is 5.75 Å². The van der Waals surface area contributed by atoms with Gasteiger partial charge in [-0.25, -0.2) is 9.59 Å². The second kappa shape index (κ2) is 14.9. The highest BCUT2D eigenvalue weighted by molar-refractivity contribution is 7.99. The molecule has 12 heteroatoms. The number of hydrogen-bond donors (Lipinski definition) is 7. The summed E-state index contributed by atoms with van der Waals surface area (Å²) in [4.78, 5) is 33.4. The van der Waals surface area contributed by atoms with E-state index in [0.29, 0.717) is 35.9 Å². The summed E-state index contributed by atoms with van der Waals surface area (Å²) in [6.07, 6.45) is 5.07. The second-order valence-electron chi connectivity index (χ2n) is 12.6. The molecule has 45 heavy (non-hydrogen) atoms. The Morgan fingerprint density at radius 1 is 0.978 bits per heavy atom. The molecule has 0 spiro atoms. The number of hydrogen-bond acceptors (Lipinski definition) is 8. The average molecular weight is 655 g/mol. The predicted octanol–water partition coefficient (Wildman–Crippen LogP) is 6.25. The molecule has 0 radical (unpaired) electrons. The van der Waals surface area contributed by atoms with Crippen LogP contribution in [0.25, 0.3) is 0 Å². The molecule has 1 fully saturated rings. The Hall–Kier alpha value is -3.87. The maximum atomic E-state index is 13.2. The summed E-state index contributed by atoms with van der Waals surface area (Å²) < 4.78 is 7.99. The van der Waals surface area contributed by atoms with E-state index in [0.717, 1.165) is 27.3 Å². The van der Waals surface area contributed by atoms with Crippen molar-refractivity contribution in [2.45, 2.75) is 63.8 Å².